The van der Waals surface area contributed by atoms with Crippen LogP contribution in [0.15, 0.2) is 24.3 Å². The number of carboxylic acid groups (broad SMARTS) is 1. The fraction of sp³-hybridized carbons (Fsp3) is 0.333. The third-order valence-electron chi connectivity index (χ3n) is 2.27. The Hall–Kier alpha value is -2.04. The van der Waals surface area contributed by atoms with Crippen LogP contribution in [-0.4, -0.2) is 22.6 Å². The molecule has 0 heterocycles. The minimum absolute atomic E-state index is 0.541. The number of aliphatic carboxylic acids is 1. The zero-order valence-electron chi connectivity index (χ0n) is 10.1. The van der Waals surface area contributed by atoms with E-state index in [-0.39, 0.29) is 0 Å². The highest BCUT2D eigenvalue weighted by atomic mass is 16.4. The monoisotopic (exact) mass is 236 g/mol. The van der Waals surface area contributed by atoms with Crippen LogP contribution in [0.4, 0.5) is 10.5 Å². The normalized spacial score (nSPS) is 10.8. The molecule has 0 atom stereocenters. The maximum Gasteiger partial charge on any atom is 0.328 e. The molecule has 1 rings (SSSR count). The van der Waals surface area contributed by atoms with Crippen molar-refractivity contribution in [2.24, 2.45) is 0 Å². The zero-order chi connectivity index (χ0) is 13.1. The molecule has 5 heteroatoms. The molecule has 0 saturated heterocycles. The van der Waals surface area contributed by atoms with Crippen molar-refractivity contribution in [2.75, 3.05) is 5.32 Å². The second kappa shape index (κ2) is 4.86. The minimum Gasteiger partial charge on any atom is -0.480 e. The standard InChI is InChI=1S/C12H16N2O3/c1-8-4-6-9(7-5-8)13-11(17)14-12(2,3)10(15)16/h4-7H,1-3H3,(H,15,16)(H2,13,14,17). The van der Waals surface area contributed by atoms with E-state index in [1.807, 2.05) is 19.1 Å². The molecule has 5 nitrogen and oxygen atoms in total. The van der Waals surface area contributed by atoms with Crippen molar-refractivity contribution < 1.29 is 14.7 Å². The van der Waals surface area contributed by atoms with Crippen molar-refractivity contribution in [3.63, 3.8) is 0 Å². The van der Waals surface area contributed by atoms with Crippen LogP contribution in [0.2, 0.25) is 0 Å². The Kier molecular flexibility index (Phi) is 3.73. The van der Waals surface area contributed by atoms with Gasteiger partial charge in [0.05, 0.1) is 0 Å². The average molecular weight is 236 g/mol. The van der Waals surface area contributed by atoms with Gasteiger partial charge in [0.2, 0.25) is 0 Å². The number of benzene rings is 1. The molecule has 0 aromatic heterocycles. The molecule has 0 radical (unpaired) electrons. The molecular weight excluding hydrogens is 220 g/mol. The molecule has 1 aromatic rings. The molecule has 0 aliphatic carbocycles. The van der Waals surface area contributed by atoms with Gasteiger partial charge in [0.25, 0.3) is 0 Å². The van der Waals surface area contributed by atoms with Crippen LogP contribution in [0, 0.1) is 6.92 Å². The predicted octanol–water partition coefficient (Wildman–Crippen LogP) is 1.98. The van der Waals surface area contributed by atoms with E-state index < -0.39 is 17.5 Å². The average Bonchev–Trinajstić information content (AvgIpc) is 2.20. The number of rotatable bonds is 3. The third kappa shape index (κ3) is 3.79. The van der Waals surface area contributed by atoms with Gasteiger partial charge in [0.1, 0.15) is 5.54 Å². The smallest absolute Gasteiger partial charge is 0.328 e. The van der Waals surface area contributed by atoms with E-state index in [9.17, 15) is 9.59 Å². The number of carboxylic acids is 1. The molecule has 2 amide bonds. The van der Waals surface area contributed by atoms with Gasteiger partial charge in [-0.2, -0.15) is 0 Å². The van der Waals surface area contributed by atoms with Crippen LogP contribution < -0.4 is 10.6 Å². The molecule has 0 aliphatic rings. The van der Waals surface area contributed by atoms with Gasteiger partial charge in [-0.25, -0.2) is 9.59 Å². The largest absolute Gasteiger partial charge is 0.480 e. The van der Waals surface area contributed by atoms with Crippen LogP contribution in [0.25, 0.3) is 0 Å². The van der Waals surface area contributed by atoms with E-state index in [0.29, 0.717) is 5.69 Å². The Morgan fingerprint density at radius 2 is 1.71 bits per heavy atom. The van der Waals surface area contributed by atoms with Gasteiger partial charge in [0, 0.05) is 5.69 Å². The lowest BCUT2D eigenvalue weighted by Gasteiger charge is -2.21. The highest BCUT2D eigenvalue weighted by Crippen LogP contribution is 2.09. The Bertz CT molecular complexity index is 424. The number of urea groups is 1. The van der Waals surface area contributed by atoms with Crippen LogP contribution >= 0.6 is 0 Å². The summed E-state index contributed by atoms with van der Waals surface area (Å²) in [6, 6.07) is 6.68. The van der Waals surface area contributed by atoms with Crippen molar-refractivity contribution in [3.05, 3.63) is 29.8 Å². The number of amides is 2. The molecule has 0 unspecified atom stereocenters. The lowest BCUT2D eigenvalue weighted by atomic mass is 10.1. The van der Waals surface area contributed by atoms with Crippen LogP contribution in [0.3, 0.4) is 0 Å². The molecule has 0 saturated carbocycles. The molecule has 1 aromatic carbocycles. The maximum atomic E-state index is 11.5. The van der Waals surface area contributed by atoms with Crippen molar-refractivity contribution >= 4 is 17.7 Å². The molecule has 0 spiro atoms. The summed E-state index contributed by atoms with van der Waals surface area (Å²) in [7, 11) is 0. The van der Waals surface area contributed by atoms with Crippen LogP contribution in [-0.2, 0) is 4.79 Å². The number of anilines is 1. The molecule has 0 bridgehead atoms. The summed E-state index contributed by atoms with van der Waals surface area (Å²) in [5, 5.41) is 13.8. The lowest BCUT2D eigenvalue weighted by molar-refractivity contribution is -0.142. The van der Waals surface area contributed by atoms with Gasteiger partial charge in [-0.05, 0) is 32.9 Å². The van der Waals surface area contributed by atoms with Gasteiger partial charge in [-0.15, -0.1) is 0 Å². The van der Waals surface area contributed by atoms with Crippen molar-refractivity contribution in [1.82, 2.24) is 5.32 Å². The summed E-state index contributed by atoms with van der Waals surface area (Å²) in [4.78, 5) is 22.3. The third-order valence-corrected chi connectivity index (χ3v) is 2.27. The molecule has 0 aliphatic heterocycles. The Labute approximate surface area is 99.8 Å². The summed E-state index contributed by atoms with van der Waals surface area (Å²) in [6.45, 7) is 4.78. The Morgan fingerprint density at radius 1 is 1.18 bits per heavy atom. The Balaban J connectivity index is 2.62. The topological polar surface area (TPSA) is 78.4 Å². The number of carbonyl (C=O) groups excluding carboxylic acids is 1. The van der Waals surface area contributed by atoms with Crippen LogP contribution in [0.5, 0.6) is 0 Å². The van der Waals surface area contributed by atoms with E-state index in [2.05, 4.69) is 10.6 Å². The second-order valence-electron chi connectivity index (χ2n) is 4.38. The fourth-order valence-corrected chi connectivity index (χ4v) is 1.14. The van der Waals surface area contributed by atoms with Gasteiger partial charge in [0.15, 0.2) is 0 Å². The highest BCUT2D eigenvalue weighted by molar-refractivity contribution is 5.93. The minimum atomic E-state index is -1.30. The van der Waals surface area contributed by atoms with Gasteiger partial charge >= 0.3 is 12.0 Å². The SMILES string of the molecule is Cc1ccc(NC(=O)NC(C)(C)C(=O)O)cc1. The quantitative estimate of drug-likeness (QED) is 0.750. The van der Waals surface area contributed by atoms with Gasteiger partial charge in [-0.1, -0.05) is 17.7 Å². The van der Waals surface area contributed by atoms with Crippen molar-refractivity contribution in [3.8, 4) is 0 Å². The van der Waals surface area contributed by atoms with Crippen molar-refractivity contribution in [1.29, 1.82) is 0 Å². The van der Waals surface area contributed by atoms with E-state index in [1.54, 1.807) is 12.1 Å². The van der Waals surface area contributed by atoms with Crippen LogP contribution in [0.1, 0.15) is 19.4 Å². The molecular formula is C12H16N2O3. The first-order valence-electron chi connectivity index (χ1n) is 5.20. The number of hydrogen-bond donors (Lipinski definition) is 3. The van der Waals surface area contributed by atoms with E-state index >= 15 is 0 Å². The zero-order valence-corrected chi connectivity index (χ0v) is 10.1. The first-order chi connectivity index (χ1) is 7.81. The summed E-state index contributed by atoms with van der Waals surface area (Å²) >= 11 is 0. The van der Waals surface area contributed by atoms with Gasteiger partial charge in [-0.3, -0.25) is 0 Å². The number of aryl methyl sites for hydroxylation is 1. The van der Waals surface area contributed by atoms with E-state index in [0.717, 1.165) is 5.56 Å². The molecule has 0 fully saturated rings. The lowest BCUT2D eigenvalue weighted by Crippen LogP contribution is -2.51. The first kappa shape index (κ1) is 13.0. The van der Waals surface area contributed by atoms with E-state index in [1.165, 1.54) is 13.8 Å². The molecule has 92 valence electrons. The summed E-state index contributed by atoms with van der Waals surface area (Å²) in [5.74, 6) is -1.09. The van der Waals surface area contributed by atoms with Gasteiger partial charge < -0.3 is 15.7 Å². The highest BCUT2D eigenvalue weighted by Gasteiger charge is 2.28. The van der Waals surface area contributed by atoms with E-state index in [4.69, 9.17) is 5.11 Å². The van der Waals surface area contributed by atoms with Crippen molar-refractivity contribution in [2.45, 2.75) is 26.3 Å². The predicted molar refractivity (Wildman–Crippen MR) is 65.0 cm³/mol. The molecule has 3 N–H and O–H groups in total. The number of carbonyl (C=O) groups is 2. The number of hydrogen-bond acceptors (Lipinski definition) is 2. The second-order valence-corrected chi connectivity index (χ2v) is 4.38. The maximum absolute atomic E-state index is 11.5. The Morgan fingerprint density at radius 3 is 2.18 bits per heavy atom. The molecule has 17 heavy (non-hydrogen) atoms. The summed E-state index contributed by atoms with van der Waals surface area (Å²) in [5.41, 5.74) is 0.408. The first-order valence-corrected chi connectivity index (χ1v) is 5.20. The fourth-order valence-electron chi connectivity index (χ4n) is 1.14. The number of nitrogens with one attached hydrogen (secondary N) is 2. The summed E-state index contributed by atoms with van der Waals surface area (Å²) in [6.07, 6.45) is 0. The summed E-state index contributed by atoms with van der Waals surface area (Å²) < 4.78 is 0.